The summed E-state index contributed by atoms with van der Waals surface area (Å²) in [6.07, 6.45) is 3.13. The summed E-state index contributed by atoms with van der Waals surface area (Å²) in [6.45, 7) is 2.43. The largest absolute Gasteiger partial charge is 0.508 e. The Labute approximate surface area is 133 Å². The van der Waals surface area contributed by atoms with Crippen LogP contribution in [0.3, 0.4) is 0 Å². The molecule has 0 fully saturated rings. The highest BCUT2D eigenvalue weighted by molar-refractivity contribution is 6.07. The van der Waals surface area contributed by atoms with Crippen molar-refractivity contribution >= 4 is 22.8 Å². The van der Waals surface area contributed by atoms with Gasteiger partial charge in [-0.15, -0.1) is 0 Å². The third kappa shape index (κ3) is 3.26. The van der Waals surface area contributed by atoms with Gasteiger partial charge in [-0.25, -0.2) is 0 Å². The molecule has 0 unspecified atom stereocenters. The zero-order chi connectivity index (χ0) is 16.2. The third-order valence-electron chi connectivity index (χ3n) is 3.37. The number of fused-ring (bicyclic) bond motifs is 1. The predicted octanol–water partition coefficient (Wildman–Crippen LogP) is 4.43. The minimum atomic E-state index is -0.225. The van der Waals surface area contributed by atoms with Crippen molar-refractivity contribution in [1.29, 1.82) is 0 Å². The number of hydrogen-bond donors (Lipinski definition) is 1. The van der Waals surface area contributed by atoms with Crippen molar-refractivity contribution in [2.45, 2.75) is 6.92 Å². The Morgan fingerprint density at radius 3 is 2.74 bits per heavy atom. The smallest absolute Gasteiger partial charge is 0.221 e. The number of benzene rings is 2. The summed E-state index contributed by atoms with van der Waals surface area (Å²) < 4.78 is 11.2. The number of allylic oxidation sites excluding steroid dienone is 1. The van der Waals surface area contributed by atoms with E-state index in [2.05, 4.69) is 0 Å². The lowest BCUT2D eigenvalue weighted by atomic mass is 10.1. The number of ether oxygens (including phenoxy) is 1. The maximum atomic E-state index is 12.3. The van der Waals surface area contributed by atoms with Crippen molar-refractivity contribution < 1.29 is 19.1 Å². The van der Waals surface area contributed by atoms with Crippen LogP contribution in [0.1, 0.15) is 23.0 Å². The van der Waals surface area contributed by atoms with Crippen LogP contribution in [-0.2, 0) is 0 Å². The lowest BCUT2D eigenvalue weighted by Gasteiger charge is -2.01. The molecule has 0 amide bonds. The van der Waals surface area contributed by atoms with Gasteiger partial charge in [0.05, 0.1) is 6.61 Å². The summed E-state index contributed by atoms with van der Waals surface area (Å²) in [7, 11) is 0. The maximum absolute atomic E-state index is 12.3. The van der Waals surface area contributed by atoms with Gasteiger partial charge in [0.2, 0.25) is 5.78 Å². The Hall–Kier alpha value is -3.01. The highest BCUT2D eigenvalue weighted by Crippen LogP contribution is 2.29. The summed E-state index contributed by atoms with van der Waals surface area (Å²) in [5.74, 6) is 0.861. The highest BCUT2D eigenvalue weighted by Gasteiger charge is 2.12. The summed E-state index contributed by atoms with van der Waals surface area (Å²) in [5, 5.41) is 10.1. The van der Waals surface area contributed by atoms with Gasteiger partial charge < -0.3 is 14.3 Å². The van der Waals surface area contributed by atoms with Gasteiger partial charge in [-0.1, -0.05) is 30.3 Å². The van der Waals surface area contributed by atoms with Crippen LogP contribution in [0, 0.1) is 0 Å². The standard InChI is InChI=1S/C19H16O4/c1-2-22-17-5-3-4-14-12-18(23-19(14)17)16(21)11-8-13-6-9-15(20)10-7-13/h3-12,20H,2H2,1H3/b11-8+. The first kappa shape index (κ1) is 14.9. The second kappa shape index (κ2) is 6.40. The third-order valence-corrected chi connectivity index (χ3v) is 3.37. The minimum absolute atomic E-state index is 0.189. The zero-order valence-electron chi connectivity index (χ0n) is 12.7. The van der Waals surface area contributed by atoms with Crippen molar-refractivity contribution in [3.8, 4) is 11.5 Å². The van der Waals surface area contributed by atoms with Crippen LogP contribution in [0.4, 0.5) is 0 Å². The SMILES string of the molecule is CCOc1cccc2cc(C(=O)/C=C/c3ccc(O)cc3)oc12. The summed E-state index contributed by atoms with van der Waals surface area (Å²) in [4.78, 5) is 12.3. The molecule has 0 radical (unpaired) electrons. The molecule has 0 aliphatic rings. The fourth-order valence-electron chi connectivity index (χ4n) is 2.27. The number of hydrogen-bond acceptors (Lipinski definition) is 4. The second-order valence-corrected chi connectivity index (χ2v) is 5.01. The molecular weight excluding hydrogens is 292 g/mol. The maximum Gasteiger partial charge on any atom is 0.221 e. The van der Waals surface area contributed by atoms with Gasteiger partial charge in [-0.05, 0) is 42.8 Å². The molecule has 23 heavy (non-hydrogen) atoms. The molecule has 0 spiro atoms. The van der Waals surface area contributed by atoms with Crippen molar-refractivity contribution in [1.82, 2.24) is 0 Å². The van der Waals surface area contributed by atoms with E-state index in [1.54, 1.807) is 36.4 Å². The molecule has 2 aromatic carbocycles. The van der Waals surface area contributed by atoms with Gasteiger partial charge in [0.1, 0.15) is 5.75 Å². The van der Waals surface area contributed by atoms with Crippen LogP contribution in [0.25, 0.3) is 17.0 Å². The Morgan fingerprint density at radius 1 is 1.22 bits per heavy atom. The fraction of sp³-hybridized carbons (Fsp3) is 0.105. The van der Waals surface area contributed by atoms with Crippen molar-refractivity contribution in [2.75, 3.05) is 6.61 Å². The molecule has 1 heterocycles. The van der Waals surface area contributed by atoms with Gasteiger partial charge >= 0.3 is 0 Å². The van der Waals surface area contributed by atoms with E-state index in [4.69, 9.17) is 9.15 Å². The summed E-state index contributed by atoms with van der Waals surface area (Å²) >= 11 is 0. The number of aromatic hydroxyl groups is 1. The number of carbonyl (C=O) groups excluding carboxylic acids is 1. The number of rotatable bonds is 5. The second-order valence-electron chi connectivity index (χ2n) is 5.01. The number of phenolic OH excluding ortho intramolecular Hbond substituents is 1. The van der Waals surface area contributed by atoms with Crippen LogP contribution in [0.15, 0.2) is 59.0 Å². The molecule has 4 nitrogen and oxygen atoms in total. The van der Waals surface area contributed by atoms with Gasteiger partial charge in [0, 0.05) is 5.39 Å². The molecule has 0 aliphatic heterocycles. The molecule has 0 aliphatic carbocycles. The number of carbonyl (C=O) groups is 1. The zero-order valence-corrected chi connectivity index (χ0v) is 12.7. The first-order valence-electron chi connectivity index (χ1n) is 7.34. The molecule has 0 atom stereocenters. The summed E-state index contributed by atoms with van der Waals surface area (Å²) in [5.41, 5.74) is 1.40. The molecule has 4 heteroatoms. The molecule has 3 rings (SSSR count). The van der Waals surface area contributed by atoms with Gasteiger partial charge in [0.25, 0.3) is 0 Å². The number of furan rings is 1. The lowest BCUT2D eigenvalue weighted by Crippen LogP contribution is -1.91. The lowest BCUT2D eigenvalue weighted by molar-refractivity contribution is 0.102. The van der Waals surface area contributed by atoms with Crippen LogP contribution in [0.2, 0.25) is 0 Å². The van der Waals surface area contributed by atoms with Crippen LogP contribution in [0.5, 0.6) is 11.5 Å². The molecule has 116 valence electrons. The molecule has 1 aromatic heterocycles. The molecule has 1 N–H and O–H groups in total. The molecule has 3 aromatic rings. The molecule has 0 saturated carbocycles. The summed E-state index contributed by atoms with van der Waals surface area (Å²) in [6, 6.07) is 13.9. The minimum Gasteiger partial charge on any atom is -0.508 e. The van der Waals surface area contributed by atoms with E-state index in [0.29, 0.717) is 17.9 Å². The average molecular weight is 308 g/mol. The van der Waals surface area contributed by atoms with E-state index in [1.807, 2.05) is 25.1 Å². The first-order valence-corrected chi connectivity index (χ1v) is 7.34. The van der Waals surface area contributed by atoms with Gasteiger partial charge in [-0.3, -0.25) is 4.79 Å². The number of ketones is 1. The van der Waals surface area contributed by atoms with E-state index in [-0.39, 0.29) is 17.3 Å². The molecule has 0 bridgehead atoms. The fourth-order valence-corrected chi connectivity index (χ4v) is 2.27. The first-order chi connectivity index (χ1) is 11.2. The van der Waals surface area contributed by atoms with E-state index in [1.165, 1.54) is 6.08 Å². The van der Waals surface area contributed by atoms with Crippen molar-refractivity contribution in [2.24, 2.45) is 0 Å². The Bertz CT molecular complexity index is 857. The number of phenols is 1. The van der Waals surface area contributed by atoms with Gasteiger partial charge in [0.15, 0.2) is 17.1 Å². The molecule has 0 saturated heterocycles. The van der Waals surface area contributed by atoms with E-state index in [0.717, 1.165) is 10.9 Å². The average Bonchev–Trinajstić information content (AvgIpc) is 3.00. The Morgan fingerprint density at radius 2 is 2.00 bits per heavy atom. The van der Waals surface area contributed by atoms with Crippen LogP contribution >= 0.6 is 0 Å². The monoisotopic (exact) mass is 308 g/mol. The topological polar surface area (TPSA) is 59.7 Å². The Kier molecular flexibility index (Phi) is 4.15. The van der Waals surface area contributed by atoms with Gasteiger partial charge in [-0.2, -0.15) is 0 Å². The van der Waals surface area contributed by atoms with Crippen molar-refractivity contribution in [3.05, 3.63) is 65.9 Å². The highest BCUT2D eigenvalue weighted by atomic mass is 16.5. The quantitative estimate of drug-likeness (QED) is 0.559. The number of para-hydroxylation sites is 1. The van der Waals surface area contributed by atoms with Crippen molar-refractivity contribution in [3.63, 3.8) is 0 Å². The van der Waals surface area contributed by atoms with Crippen LogP contribution < -0.4 is 4.74 Å². The molecular formula is C19H16O4. The van der Waals surface area contributed by atoms with Crippen LogP contribution in [-0.4, -0.2) is 17.5 Å². The van der Waals surface area contributed by atoms with E-state index < -0.39 is 0 Å². The Balaban J connectivity index is 1.86. The van der Waals surface area contributed by atoms with E-state index in [9.17, 15) is 9.90 Å². The van der Waals surface area contributed by atoms with E-state index >= 15 is 0 Å². The predicted molar refractivity (Wildman–Crippen MR) is 88.9 cm³/mol. The normalized spacial score (nSPS) is 11.2.